The molecule has 1 heterocycles. The maximum atomic E-state index is 13.9. The zero-order valence-electron chi connectivity index (χ0n) is 13.0. The second kappa shape index (κ2) is 6.05. The van der Waals surface area contributed by atoms with Gasteiger partial charge in [0.2, 0.25) is 7.44 Å². The average molecular weight is 319 g/mol. The van der Waals surface area contributed by atoms with Crippen molar-refractivity contribution in [3.05, 3.63) is 46.3 Å². The quantitative estimate of drug-likeness (QED) is 0.359. The van der Waals surface area contributed by atoms with E-state index in [0.29, 0.717) is 12.1 Å². The van der Waals surface area contributed by atoms with Crippen molar-refractivity contribution in [2.24, 2.45) is 5.11 Å². The van der Waals surface area contributed by atoms with Crippen molar-refractivity contribution < 1.29 is 4.57 Å². The van der Waals surface area contributed by atoms with E-state index in [0.717, 1.165) is 18.4 Å². The van der Waals surface area contributed by atoms with E-state index in [4.69, 9.17) is 5.53 Å². The van der Waals surface area contributed by atoms with Gasteiger partial charge in [-0.2, -0.15) is 0 Å². The van der Waals surface area contributed by atoms with Crippen LogP contribution in [0.15, 0.2) is 35.4 Å². The van der Waals surface area contributed by atoms with Gasteiger partial charge < -0.3 is 0 Å². The maximum absolute atomic E-state index is 13.9. The Morgan fingerprint density at radius 1 is 1.18 bits per heavy atom. The summed E-state index contributed by atoms with van der Waals surface area (Å²) in [5, 5.41) is 3.94. The fourth-order valence-corrected chi connectivity index (χ4v) is 7.22. The van der Waals surface area contributed by atoms with E-state index in [1.54, 1.807) is 0 Å². The Hall–Kier alpha value is -1.32. The van der Waals surface area contributed by atoms with Gasteiger partial charge in [-0.25, -0.2) is 9.34 Å². The number of nitrogens with zero attached hydrogens (tertiary/aromatic N) is 5. The minimum Gasteiger partial charge on any atom is -0.288 e. The molecule has 0 radical (unpaired) electrons. The van der Waals surface area contributed by atoms with Gasteiger partial charge in [0.1, 0.15) is 5.78 Å². The van der Waals surface area contributed by atoms with Gasteiger partial charge in [0.05, 0.1) is 0 Å². The van der Waals surface area contributed by atoms with Gasteiger partial charge in [0.15, 0.2) is 0 Å². The minimum absolute atomic E-state index is 0.296. The van der Waals surface area contributed by atoms with Crippen LogP contribution in [0.2, 0.25) is 0 Å². The van der Waals surface area contributed by atoms with Crippen LogP contribution in [0.1, 0.15) is 37.0 Å². The SMILES string of the molecule is CN1[C@H]2CCCC[C@@H]2N(C)P1(=O)[C@H](N=[N+]=[N-])c1ccccc1. The summed E-state index contributed by atoms with van der Waals surface area (Å²) in [5.41, 5.74) is 9.82. The lowest BCUT2D eigenvalue weighted by Gasteiger charge is -2.32. The monoisotopic (exact) mass is 319 g/mol. The molecule has 1 saturated heterocycles. The van der Waals surface area contributed by atoms with Crippen LogP contribution in [-0.4, -0.2) is 35.5 Å². The molecule has 1 aromatic carbocycles. The second-order valence-electron chi connectivity index (χ2n) is 6.14. The van der Waals surface area contributed by atoms with E-state index < -0.39 is 13.2 Å². The van der Waals surface area contributed by atoms with Gasteiger partial charge in [0.25, 0.3) is 0 Å². The molecule has 2 aliphatic rings. The Kier molecular flexibility index (Phi) is 4.28. The van der Waals surface area contributed by atoms with E-state index in [1.807, 2.05) is 53.8 Å². The number of azide groups is 1. The first-order valence-electron chi connectivity index (χ1n) is 7.76. The van der Waals surface area contributed by atoms with Crippen molar-refractivity contribution in [1.29, 1.82) is 0 Å². The molecule has 7 heteroatoms. The fourth-order valence-electron chi connectivity index (χ4n) is 3.96. The Morgan fingerprint density at radius 2 is 1.73 bits per heavy atom. The van der Waals surface area contributed by atoms with Gasteiger partial charge in [-0.1, -0.05) is 48.3 Å². The van der Waals surface area contributed by atoms with Crippen LogP contribution in [0.3, 0.4) is 0 Å². The molecule has 118 valence electrons. The maximum Gasteiger partial charge on any atom is 0.229 e. The Labute approximate surface area is 131 Å². The van der Waals surface area contributed by atoms with Crippen molar-refractivity contribution in [1.82, 2.24) is 9.34 Å². The summed E-state index contributed by atoms with van der Waals surface area (Å²) in [5.74, 6) is -0.653. The van der Waals surface area contributed by atoms with Gasteiger partial charge >= 0.3 is 0 Å². The summed E-state index contributed by atoms with van der Waals surface area (Å²) in [7, 11) is 0.894. The highest BCUT2D eigenvalue weighted by Crippen LogP contribution is 2.70. The molecule has 0 N–H and O–H groups in total. The molecule has 0 amide bonds. The van der Waals surface area contributed by atoms with Crippen LogP contribution in [0, 0.1) is 0 Å². The smallest absolute Gasteiger partial charge is 0.229 e. The number of likely N-dealkylation sites (N-methyl/N-ethyl adjacent to an activating group) is 2. The highest BCUT2D eigenvalue weighted by atomic mass is 31.2. The molecule has 3 rings (SSSR count). The molecule has 1 saturated carbocycles. The Morgan fingerprint density at radius 3 is 2.23 bits per heavy atom. The molecule has 6 nitrogen and oxygen atoms in total. The zero-order chi connectivity index (χ0) is 15.7. The second-order valence-corrected chi connectivity index (χ2v) is 9.07. The lowest BCUT2D eigenvalue weighted by molar-refractivity contribution is 0.233. The number of hydrogen-bond donors (Lipinski definition) is 0. The highest BCUT2D eigenvalue weighted by molar-refractivity contribution is 7.59. The summed E-state index contributed by atoms with van der Waals surface area (Å²) in [6.07, 6.45) is 4.48. The third-order valence-electron chi connectivity index (χ3n) is 5.14. The summed E-state index contributed by atoms with van der Waals surface area (Å²) >= 11 is 0. The first kappa shape index (κ1) is 15.6. The molecule has 0 bridgehead atoms. The Bertz CT molecular complexity index is 608. The van der Waals surface area contributed by atoms with Crippen molar-refractivity contribution in [3.63, 3.8) is 0 Å². The topological polar surface area (TPSA) is 72.3 Å². The van der Waals surface area contributed by atoms with Crippen molar-refractivity contribution in [3.8, 4) is 0 Å². The lowest BCUT2D eigenvalue weighted by Crippen LogP contribution is -2.37. The van der Waals surface area contributed by atoms with Crippen molar-refractivity contribution in [2.45, 2.75) is 43.5 Å². The minimum atomic E-state index is -2.96. The molecule has 3 atom stereocenters. The fraction of sp³-hybridized carbons (Fsp3) is 0.600. The number of rotatable bonds is 3. The number of hydrogen-bond acceptors (Lipinski definition) is 2. The molecule has 1 aromatic rings. The average Bonchev–Trinajstić information content (AvgIpc) is 2.76. The third kappa shape index (κ3) is 2.27. The summed E-state index contributed by atoms with van der Waals surface area (Å²) in [6.45, 7) is 0. The van der Waals surface area contributed by atoms with Crippen LogP contribution in [0.25, 0.3) is 10.4 Å². The van der Waals surface area contributed by atoms with Crippen LogP contribution in [0.4, 0.5) is 0 Å². The molecular weight excluding hydrogens is 297 g/mol. The Balaban J connectivity index is 2.06. The standard InChI is InChI=1S/C15H22N5OP/c1-19-13-10-6-7-11-14(13)20(2)22(19,21)15(17-18-16)12-8-4-3-5-9-12/h3-5,8-9,13-15H,6-7,10-11H2,1-2H3/t13-,14-,15-/m0/s1. The van der Waals surface area contributed by atoms with Crippen molar-refractivity contribution in [2.75, 3.05) is 14.1 Å². The summed E-state index contributed by atoms with van der Waals surface area (Å²) in [6, 6.07) is 10.1. The molecule has 22 heavy (non-hydrogen) atoms. The van der Waals surface area contributed by atoms with Gasteiger partial charge in [-0.05, 0) is 38.0 Å². The summed E-state index contributed by atoms with van der Waals surface area (Å²) < 4.78 is 17.9. The summed E-state index contributed by atoms with van der Waals surface area (Å²) in [4.78, 5) is 2.99. The van der Waals surface area contributed by atoms with Crippen LogP contribution in [-0.2, 0) is 4.57 Å². The van der Waals surface area contributed by atoms with Crippen LogP contribution in [0.5, 0.6) is 0 Å². The normalized spacial score (nSPS) is 29.5. The van der Waals surface area contributed by atoms with Crippen LogP contribution < -0.4 is 0 Å². The van der Waals surface area contributed by atoms with Gasteiger partial charge in [0, 0.05) is 17.0 Å². The molecule has 1 aliphatic heterocycles. The first-order valence-corrected chi connectivity index (χ1v) is 9.44. The molecule has 1 aliphatic carbocycles. The van der Waals surface area contributed by atoms with E-state index in [2.05, 4.69) is 10.0 Å². The molecular formula is C15H22N5OP. The highest BCUT2D eigenvalue weighted by Gasteiger charge is 2.55. The number of fused-ring (bicyclic) bond motifs is 1. The lowest BCUT2D eigenvalue weighted by atomic mass is 9.91. The zero-order valence-corrected chi connectivity index (χ0v) is 13.9. The van der Waals surface area contributed by atoms with E-state index in [9.17, 15) is 4.57 Å². The van der Waals surface area contributed by atoms with Crippen molar-refractivity contribution >= 4 is 7.44 Å². The predicted molar refractivity (Wildman–Crippen MR) is 87.5 cm³/mol. The van der Waals surface area contributed by atoms with Gasteiger partial charge in [-0.15, -0.1) is 0 Å². The molecule has 0 unspecified atom stereocenters. The largest absolute Gasteiger partial charge is 0.288 e. The molecule has 0 spiro atoms. The first-order chi connectivity index (χ1) is 10.6. The molecule has 0 aromatic heterocycles. The van der Waals surface area contributed by atoms with E-state index >= 15 is 0 Å². The van der Waals surface area contributed by atoms with Gasteiger partial charge in [-0.3, -0.25) is 4.57 Å². The van der Waals surface area contributed by atoms with E-state index in [1.165, 1.54) is 12.8 Å². The third-order valence-corrected chi connectivity index (χ3v) is 8.58. The van der Waals surface area contributed by atoms with E-state index in [-0.39, 0.29) is 0 Å². The number of benzene rings is 1. The predicted octanol–water partition coefficient (Wildman–Crippen LogP) is 4.38. The van der Waals surface area contributed by atoms with Crippen LogP contribution >= 0.6 is 7.44 Å². The molecule has 2 fully saturated rings.